The summed E-state index contributed by atoms with van der Waals surface area (Å²) in [5.74, 6) is -0.223. The Morgan fingerprint density at radius 3 is 2.41 bits per heavy atom. The van der Waals surface area contributed by atoms with Crippen LogP contribution in [-0.4, -0.2) is 80.9 Å². The van der Waals surface area contributed by atoms with Crippen LogP contribution >= 0.6 is 0 Å². The average molecular weight is 560 g/mol. The number of nitrogens with one attached hydrogen (secondary N) is 1. The van der Waals surface area contributed by atoms with E-state index < -0.39 is 12.2 Å². The summed E-state index contributed by atoms with van der Waals surface area (Å²) in [6.45, 7) is 2.82. The van der Waals surface area contributed by atoms with E-state index in [1.807, 2.05) is 65.2 Å². The molecule has 2 unspecified atom stereocenters. The van der Waals surface area contributed by atoms with Crippen molar-refractivity contribution in [3.8, 4) is 11.3 Å². The van der Waals surface area contributed by atoms with E-state index >= 15 is 0 Å². The number of benzene rings is 2. The minimum absolute atomic E-state index is 0.0959. The van der Waals surface area contributed by atoms with Crippen LogP contribution in [-0.2, 0) is 11.2 Å². The van der Waals surface area contributed by atoms with Crippen LogP contribution in [0.2, 0.25) is 0 Å². The highest BCUT2D eigenvalue weighted by atomic mass is 16.5. The lowest BCUT2D eigenvalue weighted by atomic mass is 9.89. The van der Waals surface area contributed by atoms with E-state index in [9.17, 15) is 19.5 Å². The number of aromatic nitrogens is 2. The number of imidazole rings is 1. The summed E-state index contributed by atoms with van der Waals surface area (Å²) in [5.41, 5.74) is 2.93. The van der Waals surface area contributed by atoms with Crippen molar-refractivity contribution in [2.45, 2.75) is 57.2 Å². The first kappa shape index (κ1) is 28.2. The van der Waals surface area contributed by atoms with Gasteiger partial charge in [-0.3, -0.25) is 4.79 Å². The molecule has 1 aromatic heterocycles. The Balaban J connectivity index is 1.50. The Morgan fingerprint density at radius 2 is 1.71 bits per heavy atom. The molecule has 2 aromatic carbocycles. The van der Waals surface area contributed by atoms with Gasteiger partial charge in [0.2, 0.25) is 0 Å². The summed E-state index contributed by atoms with van der Waals surface area (Å²) in [7, 11) is 0. The third-order valence-electron chi connectivity index (χ3n) is 8.04. The summed E-state index contributed by atoms with van der Waals surface area (Å²) in [4.78, 5) is 46.3. The number of ether oxygens (including phenoxy) is 1. The molecular weight excluding hydrogens is 522 g/mol. The maximum Gasteiger partial charge on any atom is 0.407 e. The molecule has 0 spiro atoms. The summed E-state index contributed by atoms with van der Waals surface area (Å²) < 4.78 is 7.21. The Kier molecular flexibility index (Phi) is 8.86. The number of alkyl carbamates (subject to hydrolysis) is 1. The standard InChI is InChI=1S/C31H37N5O5/c1-2-41-30(38)33-25-15-9-10-16-26(25)36-21-32-27(28(36)23-13-7-4-8-14-23)29(37)35-18-17-34(31(39)40)20-24(35)19-22-11-5-3-6-12-22/h3-8,11-14,21,24-26H,2,9-10,15-20H2,1H3,(H,33,38)(H,39,40)/t24-,25?,26?/m1/s1. The highest BCUT2D eigenvalue weighted by Crippen LogP contribution is 2.35. The molecule has 2 fully saturated rings. The number of hydrogen-bond donors (Lipinski definition) is 2. The van der Waals surface area contributed by atoms with Crippen LogP contribution in [0, 0.1) is 0 Å². The minimum atomic E-state index is -0.984. The van der Waals surface area contributed by atoms with Gasteiger partial charge in [0.05, 0.1) is 36.8 Å². The molecule has 216 valence electrons. The van der Waals surface area contributed by atoms with Crippen LogP contribution in [0.4, 0.5) is 9.59 Å². The van der Waals surface area contributed by atoms with Gasteiger partial charge in [-0.05, 0) is 31.7 Å². The molecule has 2 aliphatic rings. The van der Waals surface area contributed by atoms with Crippen LogP contribution in [0.15, 0.2) is 67.0 Å². The van der Waals surface area contributed by atoms with Crippen LogP contribution in [0.25, 0.3) is 11.3 Å². The predicted molar refractivity (Wildman–Crippen MR) is 154 cm³/mol. The van der Waals surface area contributed by atoms with Gasteiger partial charge >= 0.3 is 12.2 Å². The molecule has 0 radical (unpaired) electrons. The second-order valence-electron chi connectivity index (χ2n) is 10.6. The molecule has 10 heteroatoms. The molecule has 10 nitrogen and oxygen atoms in total. The van der Waals surface area contributed by atoms with E-state index in [1.165, 1.54) is 4.90 Å². The van der Waals surface area contributed by atoms with Crippen LogP contribution < -0.4 is 5.32 Å². The van der Waals surface area contributed by atoms with Crippen LogP contribution in [0.5, 0.6) is 0 Å². The SMILES string of the molecule is CCOC(=O)NC1CCCCC1n1cnc(C(=O)N2CCN(C(=O)O)C[C@H]2Cc2ccccc2)c1-c1ccccc1. The van der Waals surface area contributed by atoms with E-state index in [1.54, 1.807) is 18.2 Å². The number of rotatable bonds is 7. The zero-order valence-corrected chi connectivity index (χ0v) is 23.3. The number of carboxylic acid groups (broad SMARTS) is 1. The maximum absolute atomic E-state index is 14.3. The summed E-state index contributed by atoms with van der Waals surface area (Å²) >= 11 is 0. The van der Waals surface area contributed by atoms with E-state index in [2.05, 4.69) is 10.3 Å². The summed E-state index contributed by atoms with van der Waals surface area (Å²) in [6.07, 6.45) is 4.44. The van der Waals surface area contributed by atoms with Crippen molar-refractivity contribution in [2.24, 2.45) is 0 Å². The normalized spacial score (nSPS) is 20.9. The van der Waals surface area contributed by atoms with Crippen molar-refractivity contribution in [1.82, 2.24) is 24.7 Å². The summed E-state index contributed by atoms with van der Waals surface area (Å²) in [5, 5.41) is 12.7. The molecule has 41 heavy (non-hydrogen) atoms. The van der Waals surface area contributed by atoms with Crippen molar-refractivity contribution in [1.29, 1.82) is 0 Å². The molecule has 3 amide bonds. The molecule has 3 aromatic rings. The fourth-order valence-corrected chi connectivity index (χ4v) is 6.08. The summed E-state index contributed by atoms with van der Waals surface area (Å²) in [6, 6.07) is 18.9. The van der Waals surface area contributed by atoms with Crippen molar-refractivity contribution in [2.75, 3.05) is 26.2 Å². The average Bonchev–Trinajstić information content (AvgIpc) is 3.43. The Hall–Kier alpha value is -4.34. The van der Waals surface area contributed by atoms with Gasteiger partial charge in [0.25, 0.3) is 5.91 Å². The fourth-order valence-electron chi connectivity index (χ4n) is 6.08. The third-order valence-corrected chi connectivity index (χ3v) is 8.04. The monoisotopic (exact) mass is 559 g/mol. The topological polar surface area (TPSA) is 117 Å². The van der Waals surface area contributed by atoms with E-state index in [-0.39, 0.29) is 43.7 Å². The van der Waals surface area contributed by atoms with E-state index in [0.29, 0.717) is 24.4 Å². The van der Waals surface area contributed by atoms with Gasteiger partial charge in [0, 0.05) is 25.2 Å². The van der Waals surface area contributed by atoms with E-state index in [4.69, 9.17) is 4.74 Å². The van der Waals surface area contributed by atoms with Gasteiger partial charge in [-0.15, -0.1) is 0 Å². The number of hydrogen-bond acceptors (Lipinski definition) is 5. The first-order valence-corrected chi connectivity index (χ1v) is 14.3. The van der Waals surface area contributed by atoms with Gasteiger partial charge in [-0.1, -0.05) is 73.5 Å². The molecule has 1 saturated heterocycles. The third kappa shape index (κ3) is 6.37. The molecule has 1 aliphatic heterocycles. The maximum atomic E-state index is 14.3. The quantitative estimate of drug-likeness (QED) is 0.428. The Bertz CT molecular complexity index is 1350. The molecule has 5 rings (SSSR count). The largest absolute Gasteiger partial charge is 0.465 e. The highest BCUT2D eigenvalue weighted by molar-refractivity contribution is 5.98. The minimum Gasteiger partial charge on any atom is -0.465 e. The lowest BCUT2D eigenvalue weighted by Gasteiger charge is -2.40. The Morgan fingerprint density at radius 1 is 1.00 bits per heavy atom. The van der Waals surface area contributed by atoms with Crippen molar-refractivity contribution >= 4 is 18.1 Å². The molecule has 2 N–H and O–H groups in total. The van der Waals surface area contributed by atoms with Gasteiger partial charge in [0.15, 0.2) is 5.69 Å². The van der Waals surface area contributed by atoms with Crippen LogP contribution in [0.1, 0.15) is 54.7 Å². The molecule has 1 saturated carbocycles. The molecule has 3 atom stereocenters. The second kappa shape index (κ2) is 12.9. The Labute approximate surface area is 239 Å². The molecule has 1 aliphatic carbocycles. The molecule has 0 bridgehead atoms. The van der Waals surface area contributed by atoms with Crippen molar-refractivity contribution in [3.05, 3.63) is 78.2 Å². The van der Waals surface area contributed by atoms with Gasteiger partial charge in [-0.25, -0.2) is 14.6 Å². The second-order valence-corrected chi connectivity index (χ2v) is 10.6. The number of carbonyl (C=O) groups excluding carboxylic acids is 2. The van der Waals surface area contributed by atoms with Gasteiger partial charge in [-0.2, -0.15) is 0 Å². The number of nitrogens with zero attached hydrogens (tertiary/aromatic N) is 4. The molecule has 2 heterocycles. The van der Waals surface area contributed by atoms with Crippen LogP contribution in [0.3, 0.4) is 0 Å². The zero-order valence-electron chi connectivity index (χ0n) is 23.3. The van der Waals surface area contributed by atoms with Crippen molar-refractivity contribution in [3.63, 3.8) is 0 Å². The number of piperazine rings is 1. The van der Waals surface area contributed by atoms with Gasteiger partial charge in [0.1, 0.15) is 0 Å². The predicted octanol–water partition coefficient (Wildman–Crippen LogP) is 4.83. The first-order chi connectivity index (χ1) is 20.0. The lowest BCUT2D eigenvalue weighted by Crippen LogP contribution is -2.57. The highest BCUT2D eigenvalue weighted by Gasteiger charge is 2.37. The fraction of sp³-hybridized carbons (Fsp3) is 0.419. The number of carbonyl (C=O) groups is 3. The van der Waals surface area contributed by atoms with Gasteiger partial charge < -0.3 is 29.5 Å². The lowest BCUT2D eigenvalue weighted by molar-refractivity contribution is 0.0447. The van der Waals surface area contributed by atoms with E-state index in [0.717, 1.165) is 36.8 Å². The molecular formula is C31H37N5O5. The zero-order chi connectivity index (χ0) is 28.8. The smallest absolute Gasteiger partial charge is 0.407 e. The first-order valence-electron chi connectivity index (χ1n) is 14.3. The van der Waals surface area contributed by atoms with Crippen molar-refractivity contribution < 1.29 is 24.2 Å². The number of amides is 3.